The zero-order valence-electron chi connectivity index (χ0n) is 4.98. The highest BCUT2D eigenvalue weighted by atomic mass is 19.1. The normalized spacial score (nSPS) is 24.1. The summed E-state index contributed by atoms with van der Waals surface area (Å²) in [7, 11) is 0. The third kappa shape index (κ3) is 1.28. The lowest BCUT2D eigenvalue weighted by Crippen LogP contribution is -2.30. The van der Waals surface area contributed by atoms with Crippen LogP contribution in [0.5, 0.6) is 0 Å². The van der Waals surface area contributed by atoms with Gasteiger partial charge < -0.3 is 5.32 Å². The monoisotopic (exact) mass is 129 g/mol. The first-order chi connectivity index (χ1) is 4.34. The molecule has 3 heteroatoms. The zero-order valence-corrected chi connectivity index (χ0v) is 4.98. The second-order valence-electron chi connectivity index (χ2n) is 1.99. The molecule has 0 bridgehead atoms. The molecule has 9 heavy (non-hydrogen) atoms. The van der Waals surface area contributed by atoms with Crippen molar-refractivity contribution >= 4 is 5.91 Å². The molecule has 0 aliphatic carbocycles. The summed E-state index contributed by atoms with van der Waals surface area (Å²) in [5, 5.41) is 2.54. The summed E-state index contributed by atoms with van der Waals surface area (Å²) in [5.74, 6) is -0.260. The van der Waals surface area contributed by atoms with Crippen molar-refractivity contribution in [1.82, 2.24) is 5.32 Å². The Labute approximate surface area is 52.7 Å². The maximum atomic E-state index is 11.7. The van der Waals surface area contributed by atoms with E-state index in [1.54, 1.807) is 0 Å². The Hall–Kier alpha value is -0.860. The summed E-state index contributed by atoms with van der Waals surface area (Å²) in [5.41, 5.74) is 0.265. The van der Waals surface area contributed by atoms with Crippen LogP contribution in [0.2, 0.25) is 0 Å². The Bertz CT molecular complexity index is 153. The Balaban J connectivity index is 2.60. The van der Waals surface area contributed by atoms with Gasteiger partial charge in [0.05, 0.1) is 6.33 Å². The summed E-state index contributed by atoms with van der Waals surface area (Å²) in [6.07, 6.45) is 1.80. The SMILES string of the molecule is O=C1NCCC/C1=C\F. The smallest absolute Gasteiger partial charge is 0.249 e. The number of piperidine rings is 1. The van der Waals surface area contributed by atoms with Crippen molar-refractivity contribution in [2.45, 2.75) is 12.8 Å². The largest absolute Gasteiger partial charge is 0.352 e. The number of rotatable bonds is 0. The molecule has 1 aliphatic rings. The molecule has 1 heterocycles. The Morgan fingerprint density at radius 1 is 1.67 bits per heavy atom. The van der Waals surface area contributed by atoms with Crippen LogP contribution in [0.15, 0.2) is 11.9 Å². The Morgan fingerprint density at radius 3 is 2.89 bits per heavy atom. The summed E-state index contributed by atoms with van der Waals surface area (Å²) < 4.78 is 11.7. The second kappa shape index (κ2) is 2.62. The first kappa shape index (κ1) is 6.26. The molecule has 0 aromatic carbocycles. The van der Waals surface area contributed by atoms with E-state index in [9.17, 15) is 9.18 Å². The van der Waals surface area contributed by atoms with Crippen LogP contribution in [0.1, 0.15) is 12.8 Å². The molecule has 0 spiro atoms. The van der Waals surface area contributed by atoms with E-state index in [1.807, 2.05) is 0 Å². The van der Waals surface area contributed by atoms with Gasteiger partial charge in [-0.2, -0.15) is 0 Å². The first-order valence-corrected chi connectivity index (χ1v) is 2.92. The van der Waals surface area contributed by atoms with Gasteiger partial charge in [-0.3, -0.25) is 4.79 Å². The molecule has 1 rings (SSSR count). The molecule has 50 valence electrons. The highest BCUT2D eigenvalue weighted by molar-refractivity contribution is 5.93. The third-order valence-corrected chi connectivity index (χ3v) is 1.33. The number of hydrogen-bond donors (Lipinski definition) is 1. The molecular formula is C6H8FNO. The van der Waals surface area contributed by atoms with Gasteiger partial charge in [-0.05, 0) is 12.8 Å². The highest BCUT2D eigenvalue weighted by Crippen LogP contribution is 2.08. The van der Waals surface area contributed by atoms with Gasteiger partial charge in [0, 0.05) is 12.1 Å². The fourth-order valence-electron chi connectivity index (χ4n) is 0.812. The van der Waals surface area contributed by atoms with E-state index in [-0.39, 0.29) is 11.5 Å². The second-order valence-corrected chi connectivity index (χ2v) is 1.99. The molecular weight excluding hydrogens is 121 g/mol. The summed E-state index contributed by atoms with van der Waals surface area (Å²) in [6, 6.07) is 0. The predicted octanol–water partition coefficient (Wildman–Crippen LogP) is 0.750. The summed E-state index contributed by atoms with van der Waals surface area (Å²) in [6.45, 7) is 0.677. The standard InChI is InChI=1S/C6H8FNO/c7-4-5-2-1-3-8-6(5)9/h4H,1-3H2,(H,8,9)/b5-4+. The highest BCUT2D eigenvalue weighted by Gasteiger charge is 2.12. The maximum absolute atomic E-state index is 11.7. The lowest BCUT2D eigenvalue weighted by Gasteiger charge is -2.12. The van der Waals surface area contributed by atoms with Gasteiger partial charge in [-0.15, -0.1) is 0 Å². The average molecular weight is 129 g/mol. The fourth-order valence-corrected chi connectivity index (χ4v) is 0.812. The fraction of sp³-hybridized carbons (Fsp3) is 0.500. The minimum atomic E-state index is -0.260. The molecule has 1 amide bonds. The average Bonchev–Trinajstić information content (AvgIpc) is 1.89. The van der Waals surface area contributed by atoms with Crippen molar-refractivity contribution in [2.24, 2.45) is 0 Å². The minimum absolute atomic E-state index is 0.260. The van der Waals surface area contributed by atoms with E-state index in [1.165, 1.54) is 0 Å². The quantitative estimate of drug-likeness (QED) is 0.480. The van der Waals surface area contributed by atoms with E-state index < -0.39 is 0 Å². The molecule has 1 N–H and O–H groups in total. The van der Waals surface area contributed by atoms with Gasteiger partial charge in [0.2, 0.25) is 5.91 Å². The number of halogens is 1. The van der Waals surface area contributed by atoms with Crippen molar-refractivity contribution in [3.8, 4) is 0 Å². The van der Waals surface area contributed by atoms with Crippen molar-refractivity contribution in [3.05, 3.63) is 11.9 Å². The van der Waals surface area contributed by atoms with E-state index in [0.29, 0.717) is 19.3 Å². The summed E-state index contributed by atoms with van der Waals surface area (Å²) in [4.78, 5) is 10.6. The van der Waals surface area contributed by atoms with Gasteiger partial charge >= 0.3 is 0 Å². The molecule has 0 radical (unpaired) electrons. The van der Waals surface area contributed by atoms with Gasteiger partial charge in [-0.1, -0.05) is 0 Å². The van der Waals surface area contributed by atoms with Crippen molar-refractivity contribution < 1.29 is 9.18 Å². The maximum Gasteiger partial charge on any atom is 0.249 e. The van der Waals surface area contributed by atoms with Gasteiger partial charge in [0.15, 0.2) is 0 Å². The number of hydrogen-bond acceptors (Lipinski definition) is 1. The lowest BCUT2D eigenvalue weighted by atomic mass is 10.1. The van der Waals surface area contributed by atoms with Crippen molar-refractivity contribution in [1.29, 1.82) is 0 Å². The third-order valence-electron chi connectivity index (χ3n) is 1.33. The number of nitrogens with one attached hydrogen (secondary N) is 1. The number of carbonyl (C=O) groups is 1. The molecule has 0 aromatic heterocycles. The van der Waals surface area contributed by atoms with E-state index in [2.05, 4.69) is 5.32 Å². The molecule has 2 nitrogen and oxygen atoms in total. The summed E-state index contributed by atoms with van der Waals surface area (Å²) >= 11 is 0. The van der Waals surface area contributed by atoms with Crippen LogP contribution >= 0.6 is 0 Å². The Kier molecular flexibility index (Phi) is 1.82. The Morgan fingerprint density at radius 2 is 2.44 bits per heavy atom. The van der Waals surface area contributed by atoms with Crippen LogP contribution in [-0.2, 0) is 4.79 Å². The predicted molar refractivity (Wildman–Crippen MR) is 31.4 cm³/mol. The van der Waals surface area contributed by atoms with Gasteiger partial charge in [-0.25, -0.2) is 4.39 Å². The first-order valence-electron chi connectivity index (χ1n) is 2.92. The van der Waals surface area contributed by atoms with E-state index >= 15 is 0 Å². The van der Waals surface area contributed by atoms with Crippen LogP contribution in [0.4, 0.5) is 4.39 Å². The molecule has 1 saturated heterocycles. The van der Waals surface area contributed by atoms with Gasteiger partial charge in [0.1, 0.15) is 0 Å². The van der Waals surface area contributed by atoms with Crippen LogP contribution in [0.3, 0.4) is 0 Å². The number of carbonyl (C=O) groups excluding carboxylic acids is 1. The molecule has 1 aliphatic heterocycles. The zero-order chi connectivity index (χ0) is 6.69. The van der Waals surface area contributed by atoms with Crippen LogP contribution in [-0.4, -0.2) is 12.5 Å². The van der Waals surface area contributed by atoms with Gasteiger partial charge in [0.25, 0.3) is 0 Å². The van der Waals surface area contributed by atoms with Crippen molar-refractivity contribution in [3.63, 3.8) is 0 Å². The lowest BCUT2D eigenvalue weighted by molar-refractivity contribution is -0.118. The number of amides is 1. The van der Waals surface area contributed by atoms with Crippen LogP contribution in [0.25, 0.3) is 0 Å². The molecule has 0 aromatic rings. The molecule has 0 saturated carbocycles. The van der Waals surface area contributed by atoms with Crippen LogP contribution < -0.4 is 5.32 Å². The molecule has 1 fully saturated rings. The van der Waals surface area contributed by atoms with Crippen LogP contribution in [0, 0.1) is 0 Å². The van der Waals surface area contributed by atoms with Crippen molar-refractivity contribution in [2.75, 3.05) is 6.54 Å². The van der Waals surface area contributed by atoms with E-state index in [0.717, 1.165) is 6.42 Å². The minimum Gasteiger partial charge on any atom is -0.352 e. The topological polar surface area (TPSA) is 29.1 Å². The molecule has 0 atom stereocenters. The van der Waals surface area contributed by atoms with E-state index in [4.69, 9.17) is 0 Å². The molecule has 0 unspecified atom stereocenters.